The predicted molar refractivity (Wildman–Crippen MR) is 117 cm³/mol. The molecule has 0 saturated carbocycles. The normalized spacial score (nSPS) is 17.2. The number of carbonyl (C=O) groups excluding carboxylic acids is 2. The van der Waals surface area contributed by atoms with E-state index in [-0.39, 0.29) is 6.04 Å². The van der Waals surface area contributed by atoms with E-state index in [0.29, 0.717) is 26.2 Å². The summed E-state index contributed by atoms with van der Waals surface area (Å²) in [5.41, 5.74) is 3.91. The molecular weight excluding hydrogens is 376 g/mol. The molecule has 1 N–H and O–H groups in total. The summed E-state index contributed by atoms with van der Waals surface area (Å²) in [5.74, 6) is -0.0366. The Morgan fingerprint density at radius 2 is 1.80 bits per heavy atom. The first-order chi connectivity index (χ1) is 14.7. The molecular formula is C24H30N4O2. The third-order valence-electron chi connectivity index (χ3n) is 6.22. The third-order valence-corrected chi connectivity index (χ3v) is 6.22. The lowest BCUT2D eigenvalue weighted by atomic mass is 9.89. The van der Waals surface area contributed by atoms with Gasteiger partial charge in [0.15, 0.2) is 0 Å². The fraction of sp³-hybridized carbons (Fsp3) is 0.458. The Kier molecular flexibility index (Phi) is 6.31. The average Bonchev–Trinajstić information content (AvgIpc) is 2.82. The minimum Gasteiger partial charge on any atom is -0.353 e. The van der Waals surface area contributed by atoms with Crippen molar-refractivity contribution in [2.45, 2.75) is 45.1 Å². The number of amides is 2. The summed E-state index contributed by atoms with van der Waals surface area (Å²) in [6.07, 6.45) is 7.25. The van der Waals surface area contributed by atoms with Crippen molar-refractivity contribution in [2.75, 3.05) is 31.1 Å². The number of nitrogens with one attached hydrogen (secondary N) is 1. The summed E-state index contributed by atoms with van der Waals surface area (Å²) in [6.45, 7) is 4.45. The third kappa shape index (κ3) is 4.48. The van der Waals surface area contributed by atoms with Crippen LogP contribution in [0.3, 0.4) is 0 Å². The van der Waals surface area contributed by atoms with Gasteiger partial charge in [-0.2, -0.15) is 0 Å². The van der Waals surface area contributed by atoms with Crippen LogP contribution < -0.4 is 10.2 Å². The van der Waals surface area contributed by atoms with Gasteiger partial charge in [0, 0.05) is 32.4 Å². The molecule has 30 heavy (non-hydrogen) atoms. The number of hydrogen-bond acceptors (Lipinski definition) is 4. The molecule has 158 valence electrons. The van der Waals surface area contributed by atoms with Crippen LogP contribution in [0.4, 0.5) is 5.82 Å². The molecule has 1 aromatic carbocycles. The van der Waals surface area contributed by atoms with Crippen LogP contribution in [0.5, 0.6) is 0 Å². The van der Waals surface area contributed by atoms with Crippen LogP contribution in [0.25, 0.3) is 0 Å². The summed E-state index contributed by atoms with van der Waals surface area (Å²) >= 11 is 0. The fourth-order valence-electron chi connectivity index (χ4n) is 4.43. The Bertz CT molecular complexity index is 891. The Labute approximate surface area is 178 Å². The van der Waals surface area contributed by atoms with E-state index in [4.69, 9.17) is 0 Å². The van der Waals surface area contributed by atoms with E-state index < -0.39 is 11.8 Å². The molecule has 2 amide bonds. The molecule has 2 aliphatic rings. The van der Waals surface area contributed by atoms with Crippen molar-refractivity contribution in [3.05, 3.63) is 59.3 Å². The van der Waals surface area contributed by atoms with Crippen molar-refractivity contribution in [3.8, 4) is 0 Å². The number of carbonyl (C=O) groups is 2. The maximum Gasteiger partial charge on any atom is 0.312 e. The van der Waals surface area contributed by atoms with Crippen LogP contribution in [-0.4, -0.2) is 47.9 Å². The molecule has 1 saturated heterocycles. The summed E-state index contributed by atoms with van der Waals surface area (Å²) < 4.78 is 0. The van der Waals surface area contributed by atoms with Crippen molar-refractivity contribution in [2.24, 2.45) is 0 Å². The first kappa shape index (κ1) is 20.4. The summed E-state index contributed by atoms with van der Waals surface area (Å²) in [6, 6.07) is 12.2. The van der Waals surface area contributed by atoms with E-state index >= 15 is 0 Å². The molecule has 2 aromatic rings. The average molecular weight is 407 g/mol. The van der Waals surface area contributed by atoms with E-state index in [1.54, 1.807) is 11.1 Å². The van der Waals surface area contributed by atoms with Crippen molar-refractivity contribution in [1.29, 1.82) is 0 Å². The highest BCUT2D eigenvalue weighted by Crippen LogP contribution is 2.26. The maximum absolute atomic E-state index is 12.7. The standard InChI is InChI=1S/C24H30N4O2/c1-2-21(20-11-10-18-7-3-4-8-19(18)17-20)26-23(29)24(30)28-15-13-27(14-16-28)22-9-5-6-12-25-22/h5-6,9-12,17,21H,2-4,7-8,13-16H2,1H3,(H,26,29). The largest absolute Gasteiger partial charge is 0.353 e. The zero-order chi connectivity index (χ0) is 20.9. The van der Waals surface area contributed by atoms with Gasteiger partial charge in [0.05, 0.1) is 6.04 Å². The van der Waals surface area contributed by atoms with Gasteiger partial charge >= 0.3 is 11.8 Å². The number of aryl methyl sites for hydroxylation is 2. The van der Waals surface area contributed by atoms with Crippen LogP contribution >= 0.6 is 0 Å². The number of anilines is 1. The van der Waals surface area contributed by atoms with Gasteiger partial charge in [-0.05, 0) is 60.9 Å². The van der Waals surface area contributed by atoms with Gasteiger partial charge in [-0.3, -0.25) is 9.59 Å². The first-order valence-electron chi connectivity index (χ1n) is 11.0. The molecule has 0 radical (unpaired) electrons. The molecule has 1 fully saturated rings. The number of aromatic nitrogens is 1. The highest BCUT2D eigenvalue weighted by molar-refractivity contribution is 6.35. The SMILES string of the molecule is CCC(NC(=O)C(=O)N1CCN(c2ccccn2)CC1)c1ccc2c(c1)CCCC2. The number of piperazine rings is 1. The number of benzene rings is 1. The number of rotatable bonds is 4. The minimum atomic E-state index is -0.508. The van der Waals surface area contributed by atoms with Crippen molar-refractivity contribution >= 4 is 17.6 Å². The van der Waals surface area contributed by atoms with Gasteiger partial charge in [0.1, 0.15) is 5.82 Å². The van der Waals surface area contributed by atoms with Gasteiger partial charge in [-0.1, -0.05) is 31.2 Å². The molecule has 1 unspecified atom stereocenters. The molecule has 4 rings (SSSR count). The molecule has 1 aliphatic carbocycles. The molecule has 0 spiro atoms. The number of fused-ring (bicyclic) bond motifs is 1. The van der Waals surface area contributed by atoms with Crippen molar-refractivity contribution in [3.63, 3.8) is 0 Å². The smallest absolute Gasteiger partial charge is 0.312 e. The number of pyridine rings is 1. The predicted octanol–water partition coefficient (Wildman–Crippen LogP) is 2.88. The highest BCUT2D eigenvalue weighted by atomic mass is 16.2. The lowest BCUT2D eigenvalue weighted by Crippen LogP contribution is -2.53. The van der Waals surface area contributed by atoms with Gasteiger partial charge in [-0.15, -0.1) is 0 Å². The molecule has 6 nitrogen and oxygen atoms in total. The van der Waals surface area contributed by atoms with Crippen molar-refractivity contribution < 1.29 is 9.59 Å². The lowest BCUT2D eigenvalue weighted by molar-refractivity contribution is -0.146. The topological polar surface area (TPSA) is 65.5 Å². The minimum absolute atomic E-state index is 0.136. The summed E-state index contributed by atoms with van der Waals surface area (Å²) in [4.78, 5) is 33.6. The fourth-order valence-corrected chi connectivity index (χ4v) is 4.43. The molecule has 1 aliphatic heterocycles. The van der Waals surface area contributed by atoms with Crippen LogP contribution in [0.2, 0.25) is 0 Å². The van der Waals surface area contributed by atoms with Crippen molar-refractivity contribution in [1.82, 2.24) is 15.2 Å². The molecule has 6 heteroatoms. The maximum atomic E-state index is 12.7. The lowest BCUT2D eigenvalue weighted by Gasteiger charge is -2.35. The van der Waals surface area contributed by atoms with Crippen LogP contribution in [0, 0.1) is 0 Å². The Morgan fingerprint density at radius 1 is 1.03 bits per heavy atom. The Morgan fingerprint density at radius 3 is 2.50 bits per heavy atom. The summed E-state index contributed by atoms with van der Waals surface area (Å²) in [7, 11) is 0. The molecule has 0 bridgehead atoms. The second-order valence-electron chi connectivity index (χ2n) is 8.14. The zero-order valence-corrected chi connectivity index (χ0v) is 17.6. The molecule has 2 heterocycles. The van der Waals surface area contributed by atoms with Gasteiger partial charge < -0.3 is 15.1 Å². The van der Waals surface area contributed by atoms with E-state index in [2.05, 4.69) is 33.4 Å². The van der Waals surface area contributed by atoms with Gasteiger partial charge in [0.2, 0.25) is 0 Å². The second-order valence-corrected chi connectivity index (χ2v) is 8.14. The van der Waals surface area contributed by atoms with Gasteiger partial charge in [-0.25, -0.2) is 4.98 Å². The monoisotopic (exact) mass is 406 g/mol. The summed E-state index contributed by atoms with van der Waals surface area (Å²) in [5, 5.41) is 2.97. The highest BCUT2D eigenvalue weighted by Gasteiger charge is 2.28. The van der Waals surface area contributed by atoms with E-state index in [0.717, 1.165) is 30.6 Å². The van der Waals surface area contributed by atoms with E-state index in [1.165, 1.54) is 24.0 Å². The first-order valence-corrected chi connectivity index (χ1v) is 11.0. The van der Waals surface area contributed by atoms with Crippen LogP contribution in [-0.2, 0) is 22.4 Å². The quantitative estimate of drug-likeness (QED) is 0.793. The molecule has 1 aromatic heterocycles. The molecule has 1 atom stereocenters. The van der Waals surface area contributed by atoms with Crippen LogP contribution in [0.15, 0.2) is 42.6 Å². The van der Waals surface area contributed by atoms with Crippen LogP contribution in [0.1, 0.15) is 48.9 Å². The van der Waals surface area contributed by atoms with E-state index in [1.807, 2.05) is 25.1 Å². The second kappa shape index (κ2) is 9.28. The Hall–Kier alpha value is -2.89. The number of nitrogens with zero attached hydrogens (tertiary/aromatic N) is 3. The zero-order valence-electron chi connectivity index (χ0n) is 17.6. The number of hydrogen-bond donors (Lipinski definition) is 1. The van der Waals surface area contributed by atoms with Gasteiger partial charge in [0.25, 0.3) is 0 Å². The Balaban J connectivity index is 1.35. The van der Waals surface area contributed by atoms with E-state index in [9.17, 15) is 9.59 Å².